The maximum absolute atomic E-state index is 13.9. The van der Waals surface area contributed by atoms with E-state index in [-0.39, 0.29) is 24.4 Å². The summed E-state index contributed by atoms with van der Waals surface area (Å²) in [7, 11) is 0. The molecule has 12 heteroatoms. The minimum absolute atomic E-state index is 0.0289. The van der Waals surface area contributed by atoms with E-state index in [0.717, 1.165) is 11.8 Å². The number of aliphatic hydroxyl groups excluding tert-OH is 1. The number of rotatable bonds is 7. The van der Waals surface area contributed by atoms with E-state index in [4.69, 9.17) is 0 Å². The third-order valence-corrected chi connectivity index (χ3v) is 7.16. The topological polar surface area (TPSA) is 89.3 Å². The van der Waals surface area contributed by atoms with Gasteiger partial charge in [-0.1, -0.05) is 12.1 Å². The molecule has 2 atom stereocenters. The van der Waals surface area contributed by atoms with E-state index < -0.39 is 55.2 Å². The van der Waals surface area contributed by atoms with E-state index in [0.29, 0.717) is 29.8 Å². The molecular weight excluding hydrogens is 511 g/mol. The quantitative estimate of drug-likeness (QED) is 0.436. The largest absolute Gasteiger partial charge is 0.435 e. The Morgan fingerprint density at radius 1 is 1.24 bits per heavy atom. The average Bonchev–Trinajstić information content (AvgIpc) is 3.41. The maximum atomic E-state index is 13.9. The van der Waals surface area contributed by atoms with Crippen molar-refractivity contribution in [1.29, 1.82) is 0 Å². The third kappa shape index (κ3) is 5.22. The molecule has 5 rings (SSSR count). The highest BCUT2D eigenvalue weighted by molar-refractivity contribution is 5.80. The van der Waals surface area contributed by atoms with Gasteiger partial charge in [0.1, 0.15) is 11.6 Å². The summed E-state index contributed by atoms with van der Waals surface area (Å²) in [6.45, 7) is -3.59. The maximum Gasteiger partial charge on any atom is 0.387 e. The van der Waals surface area contributed by atoms with Crippen LogP contribution in [0.2, 0.25) is 0 Å². The van der Waals surface area contributed by atoms with E-state index in [2.05, 4.69) is 20.1 Å². The highest BCUT2D eigenvalue weighted by atomic mass is 19.3. The van der Waals surface area contributed by atoms with Crippen LogP contribution in [-0.4, -0.2) is 50.5 Å². The fourth-order valence-corrected chi connectivity index (χ4v) is 5.31. The zero-order valence-corrected chi connectivity index (χ0v) is 20.1. The summed E-state index contributed by atoms with van der Waals surface area (Å²) in [5.41, 5.74) is 0.984. The normalized spacial score (nSPS) is 22.3. The Hall–Kier alpha value is -3.54. The second-order valence-corrected chi connectivity index (χ2v) is 9.83. The van der Waals surface area contributed by atoms with Gasteiger partial charge in [0.2, 0.25) is 5.91 Å². The van der Waals surface area contributed by atoms with Crippen LogP contribution in [0.5, 0.6) is 5.75 Å². The van der Waals surface area contributed by atoms with Gasteiger partial charge in [-0.3, -0.25) is 4.79 Å². The number of nitrogens with zero attached hydrogens (tertiary/aromatic N) is 3. The highest BCUT2D eigenvalue weighted by Gasteiger charge is 2.50. The number of alkyl halides is 4. The van der Waals surface area contributed by atoms with Crippen LogP contribution in [0.25, 0.3) is 17.1 Å². The number of carbonyl (C=O) groups excluding carboxylic acids is 1. The van der Waals surface area contributed by atoms with Crippen LogP contribution in [-0.2, 0) is 17.6 Å². The summed E-state index contributed by atoms with van der Waals surface area (Å²) in [6, 6.07) is 8.71. The number of hydrogen-bond acceptors (Lipinski definition) is 5. The minimum atomic E-state index is -3.00. The van der Waals surface area contributed by atoms with Crippen LogP contribution in [0, 0.1) is 11.7 Å². The fraction of sp³-hybridized carbons (Fsp3) is 0.423. The number of aromatic nitrogens is 3. The van der Waals surface area contributed by atoms with E-state index in [1.165, 1.54) is 28.9 Å². The molecule has 0 saturated heterocycles. The number of amides is 1. The van der Waals surface area contributed by atoms with Gasteiger partial charge >= 0.3 is 6.61 Å². The predicted octanol–water partition coefficient (Wildman–Crippen LogP) is 4.45. The smallest absolute Gasteiger partial charge is 0.387 e. The Morgan fingerprint density at radius 2 is 2.05 bits per heavy atom. The van der Waals surface area contributed by atoms with Crippen molar-refractivity contribution < 1.29 is 36.6 Å². The van der Waals surface area contributed by atoms with Gasteiger partial charge in [-0.2, -0.15) is 13.9 Å². The average molecular weight is 537 g/mol. The molecule has 1 saturated carbocycles. The minimum Gasteiger partial charge on any atom is -0.435 e. The Bertz CT molecular complexity index is 1330. The fourth-order valence-electron chi connectivity index (χ4n) is 5.31. The number of hydrogen-bond donors (Lipinski definition) is 2. The molecule has 2 aliphatic rings. The molecule has 0 spiro atoms. The predicted molar refractivity (Wildman–Crippen MR) is 126 cm³/mol. The molecular formula is C26H25F5N4O3. The first-order chi connectivity index (χ1) is 18.1. The second-order valence-electron chi connectivity index (χ2n) is 9.83. The van der Waals surface area contributed by atoms with Crippen LogP contribution in [0.3, 0.4) is 0 Å². The number of nitrogens with one attached hydrogen (secondary N) is 1. The molecule has 2 heterocycles. The van der Waals surface area contributed by atoms with E-state index >= 15 is 0 Å². The molecule has 1 aromatic carbocycles. The second kappa shape index (κ2) is 9.97. The van der Waals surface area contributed by atoms with Crippen LogP contribution >= 0.6 is 0 Å². The van der Waals surface area contributed by atoms with Crippen molar-refractivity contribution in [3.05, 3.63) is 59.7 Å². The zero-order chi connectivity index (χ0) is 27.1. The van der Waals surface area contributed by atoms with E-state index in [1.54, 1.807) is 12.1 Å². The number of ether oxygens (including phenoxy) is 1. The van der Waals surface area contributed by atoms with Gasteiger partial charge in [0.25, 0.3) is 5.92 Å². The van der Waals surface area contributed by atoms with Crippen molar-refractivity contribution in [2.24, 2.45) is 5.92 Å². The Kier molecular flexibility index (Phi) is 6.84. The van der Waals surface area contributed by atoms with Crippen molar-refractivity contribution in [2.75, 3.05) is 6.61 Å². The van der Waals surface area contributed by atoms with Crippen molar-refractivity contribution in [2.45, 2.75) is 56.6 Å². The zero-order valence-electron chi connectivity index (χ0n) is 20.1. The summed E-state index contributed by atoms with van der Waals surface area (Å²) in [5, 5.41) is 17.1. The molecule has 0 aliphatic heterocycles. The van der Waals surface area contributed by atoms with Crippen LogP contribution in [0.1, 0.15) is 36.9 Å². The first kappa shape index (κ1) is 26.1. The lowest BCUT2D eigenvalue weighted by Crippen LogP contribution is -2.52. The number of pyridine rings is 1. The van der Waals surface area contributed by atoms with E-state index in [9.17, 15) is 31.9 Å². The Labute approximate surface area is 214 Å². The molecule has 38 heavy (non-hydrogen) atoms. The standard InChI is InChI=1S/C26H25F5N4O3/c27-17-5-7-21(32-12-17)35-20-11-16(23(37)33-25(14-36)8-9-26(30,31)13-25)4-6-19(20)22(34-35)15-2-1-3-18(10-15)38-24(28)29/h1-3,5,7,10,12,16,24,36H,4,6,8-9,11,13-14H2,(H,33,37)/t16-,25?/m1/s1. The van der Waals surface area contributed by atoms with Gasteiger partial charge in [0, 0.05) is 36.3 Å². The monoisotopic (exact) mass is 536 g/mol. The van der Waals surface area contributed by atoms with Gasteiger partial charge in [0.05, 0.1) is 29.7 Å². The lowest BCUT2D eigenvalue weighted by Gasteiger charge is -2.31. The first-order valence-corrected chi connectivity index (χ1v) is 12.2. The van der Waals surface area contributed by atoms with Gasteiger partial charge in [-0.25, -0.2) is 22.8 Å². The molecule has 2 aromatic heterocycles. The third-order valence-electron chi connectivity index (χ3n) is 7.16. The molecule has 0 radical (unpaired) electrons. The van der Waals surface area contributed by atoms with Gasteiger partial charge < -0.3 is 15.2 Å². The number of halogens is 5. The van der Waals surface area contributed by atoms with Crippen LogP contribution < -0.4 is 10.1 Å². The van der Waals surface area contributed by atoms with Crippen molar-refractivity contribution in [1.82, 2.24) is 20.1 Å². The van der Waals surface area contributed by atoms with Crippen molar-refractivity contribution in [3.8, 4) is 22.8 Å². The summed E-state index contributed by atoms with van der Waals surface area (Å²) in [5.74, 6) is -4.31. The summed E-state index contributed by atoms with van der Waals surface area (Å²) < 4.78 is 72.9. The Morgan fingerprint density at radius 3 is 2.71 bits per heavy atom. The Balaban J connectivity index is 1.48. The number of carbonyl (C=O) groups is 1. The first-order valence-electron chi connectivity index (χ1n) is 12.2. The molecule has 2 aliphatic carbocycles. The van der Waals surface area contributed by atoms with Gasteiger partial charge in [0.15, 0.2) is 5.82 Å². The lowest BCUT2D eigenvalue weighted by atomic mass is 9.84. The SMILES string of the molecule is O=C(NC1(CO)CCC(F)(F)C1)[C@@H]1CCc2c(-c3cccc(OC(F)F)c3)nn(-c3ccc(F)cn3)c2C1. The lowest BCUT2D eigenvalue weighted by molar-refractivity contribution is -0.128. The molecule has 2 N–H and O–H groups in total. The number of aliphatic hydroxyl groups is 1. The summed E-state index contributed by atoms with van der Waals surface area (Å²) in [4.78, 5) is 17.3. The molecule has 1 unspecified atom stereocenters. The van der Waals surface area contributed by atoms with Gasteiger partial charge in [-0.05, 0) is 43.5 Å². The van der Waals surface area contributed by atoms with Crippen molar-refractivity contribution in [3.63, 3.8) is 0 Å². The van der Waals surface area contributed by atoms with Gasteiger partial charge in [-0.15, -0.1) is 0 Å². The molecule has 0 bridgehead atoms. The van der Waals surface area contributed by atoms with Crippen LogP contribution in [0.4, 0.5) is 22.0 Å². The molecule has 3 aromatic rings. The number of fused-ring (bicyclic) bond motifs is 1. The molecule has 7 nitrogen and oxygen atoms in total. The molecule has 1 fully saturated rings. The van der Waals surface area contributed by atoms with Crippen LogP contribution in [0.15, 0.2) is 42.6 Å². The molecule has 202 valence electrons. The van der Waals surface area contributed by atoms with E-state index in [1.807, 2.05) is 0 Å². The molecule has 1 amide bonds. The highest BCUT2D eigenvalue weighted by Crippen LogP contribution is 2.42. The summed E-state index contributed by atoms with van der Waals surface area (Å²) >= 11 is 0. The summed E-state index contributed by atoms with van der Waals surface area (Å²) in [6.07, 6.45) is 0.892. The van der Waals surface area contributed by atoms with Crippen molar-refractivity contribution >= 4 is 5.91 Å². The number of benzene rings is 1.